The number of hydrogen-bond donors (Lipinski definition) is 0. The lowest BCUT2D eigenvalue weighted by Gasteiger charge is -2.27. The van der Waals surface area contributed by atoms with Crippen molar-refractivity contribution in [1.29, 1.82) is 0 Å². The fraction of sp³-hybridized carbons (Fsp3) is 0.333. The Hall–Kier alpha value is -1.16. The zero-order valence-electron chi connectivity index (χ0n) is 8.94. The molecule has 1 unspecified atom stereocenters. The van der Waals surface area contributed by atoms with Crippen LogP contribution < -0.4 is 0 Å². The topological polar surface area (TPSA) is 37.4 Å². The summed E-state index contributed by atoms with van der Waals surface area (Å²) in [5, 5.41) is 0. The minimum absolute atomic E-state index is 0.0849. The van der Waals surface area contributed by atoms with Gasteiger partial charge in [0.25, 0.3) is 0 Å². The van der Waals surface area contributed by atoms with Crippen molar-refractivity contribution in [2.75, 3.05) is 7.05 Å². The minimum atomic E-state index is -0.171. The Morgan fingerprint density at radius 1 is 1.25 bits per heavy atom. The van der Waals surface area contributed by atoms with E-state index in [0.29, 0.717) is 12.8 Å². The summed E-state index contributed by atoms with van der Waals surface area (Å²) in [6, 6.07) is 7.69. The van der Waals surface area contributed by atoms with Gasteiger partial charge < -0.3 is 0 Å². The van der Waals surface area contributed by atoms with Crippen LogP contribution >= 0.6 is 15.9 Å². The average Bonchev–Trinajstić information content (AvgIpc) is 2.28. The molecule has 1 atom stereocenters. The Labute approximate surface area is 103 Å². The lowest BCUT2D eigenvalue weighted by atomic mass is 9.90. The molecule has 2 amide bonds. The first-order valence-corrected chi connectivity index (χ1v) is 5.95. The maximum absolute atomic E-state index is 11.9. The summed E-state index contributed by atoms with van der Waals surface area (Å²) in [5.74, 6) is -0.354. The van der Waals surface area contributed by atoms with Crippen LogP contribution in [0.2, 0.25) is 0 Å². The van der Waals surface area contributed by atoms with Crippen molar-refractivity contribution in [2.45, 2.75) is 18.8 Å². The predicted molar refractivity (Wildman–Crippen MR) is 63.9 cm³/mol. The van der Waals surface area contributed by atoms with E-state index >= 15 is 0 Å². The van der Waals surface area contributed by atoms with Crippen LogP contribution in [0.1, 0.15) is 24.3 Å². The molecule has 16 heavy (non-hydrogen) atoms. The summed E-state index contributed by atoms with van der Waals surface area (Å²) in [6.07, 6.45) is 1.06. The molecule has 1 aromatic carbocycles. The van der Waals surface area contributed by atoms with E-state index in [2.05, 4.69) is 15.9 Å². The first-order chi connectivity index (χ1) is 7.59. The molecule has 1 saturated heterocycles. The number of nitrogens with zero attached hydrogens (tertiary/aromatic N) is 1. The maximum atomic E-state index is 11.9. The normalized spacial score (nSPS) is 21.4. The third kappa shape index (κ3) is 2.02. The standard InChI is InChI=1S/C12H12BrNO2/c1-14-11(15)7-6-10(12(14)16)8-2-4-9(13)5-3-8/h2-5,10H,6-7H2,1H3. The van der Waals surface area contributed by atoms with Crippen LogP contribution in [-0.2, 0) is 9.59 Å². The largest absolute Gasteiger partial charge is 0.285 e. The molecule has 1 fully saturated rings. The number of amides is 2. The number of piperidine rings is 1. The number of benzene rings is 1. The lowest BCUT2D eigenvalue weighted by Crippen LogP contribution is -2.41. The van der Waals surface area contributed by atoms with Gasteiger partial charge in [-0.15, -0.1) is 0 Å². The second-order valence-corrected chi connectivity index (χ2v) is 4.85. The van der Waals surface area contributed by atoms with E-state index in [9.17, 15) is 9.59 Å². The summed E-state index contributed by atoms with van der Waals surface area (Å²) in [7, 11) is 1.55. The van der Waals surface area contributed by atoms with Crippen molar-refractivity contribution < 1.29 is 9.59 Å². The Morgan fingerprint density at radius 3 is 2.50 bits per heavy atom. The van der Waals surface area contributed by atoms with E-state index < -0.39 is 0 Å². The minimum Gasteiger partial charge on any atom is -0.285 e. The van der Waals surface area contributed by atoms with Gasteiger partial charge in [-0.05, 0) is 24.1 Å². The Balaban J connectivity index is 2.25. The second-order valence-electron chi connectivity index (χ2n) is 3.93. The third-order valence-electron chi connectivity index (χ3n) is 2.92. The number of imide groups is 1. The maximum Gasteiger partial charge on any atom is 0.236 e. The van der Waals surface area contributed by atoms with Gasteiger partial charge in [-0.2, -0.15) is 0 Å². The van der Waals surface area contributed by atoms with E-state index in [1.807, 2.05) is 24.3 Å². The fourth-order valence-corrected chi connectivity index (χ4v) is 2.18. The fourth-order valence-electron chi connectivity index (χ4n) is 1.92. The van der Waals surface area contributed by atoms with Crippen LogP contribution in [-0.4, -0.2) is 23.8 Å². The highest BCUT2D eigenvalue weighted by Crippen LogP contribution is 2.28. The molecule has 1 heterocycles. The van der Waals surface area contributed by atoms with E-state index in [1.54, 1.807) is 7.05 Å². The first kappa shape index (κ1) is 11.3. The van der Waals surface area contributed by atoms with Crippen LogP contribution in [0.4, 0.5) is 0 Å². The van der Waals surface area contributed by atoms with Crippen molar-refractivity contribution in [3.05, 3.63) is 34.3 Å². The van der Waals surface area contributed by atoms with E-state index in [1.165, 1.54) is 4.90 Å². The molecular weight excluding hydrogens is 270 g/mol. The van der Waals surface area contributed by atoms with Crippen LogP contribution in [0, 0.1) is 0 Å². The zero-order chi connectivity index (χ0) is 11.7. The highest BCUT2D eigenvalue weighted by Gasteiger charge is 2.32. The SMILES string of the molecule is CN1C(=O)CCC(c2ccc(Br)cc2)C1=O. The highest BCUT2D eigenvalue weighted by molar-refractivity contribution is 9.10. The molecular formula is C12H12BrNO2. The van der Waals surface area contributed by atoms with Gasteiger partial charge in [-0.3, -0.25) is 14.5 Å². The number of rotatable bonds is 1. The number of halogens is 1. The molecule has 1 aromatic rings. The van der Waals surface area contributed by atoms with Gasteiger partial charge in [0.2, 0.25) is 11.8 Å². The number of hydrogen-bond acceptors (Lipinski definition) is 2. The molecule has 0 bridgehead atoms. The summed E-state index contributed by atoms with van der Waals surface area (Å²) in [6.45, 7) is 0. The monoisotopic (exact) mass is 281 g/mol. The summed E-state index contributed by atoms with van der Waals surface area (Å²) in [5.41, 5.74) is 0.979. The summed E-state index contributed by atoms with van der Waals surface area (Å²) < 4.78 is 0.990. The molecule has 0 aliphatic carbocycles. The Kier molecular flexibility index (Phi) is 3.10. The van der Waals surface area contributed by atoms with Crippen LogP contribution in [0.3, 0.4) is 0 Å². The van der Waals surface area contributed by atoms with Crippen molar-refractivity contribution in [3.8, 4) is 0 Å². The van der Waals surface area contributed by atoms with Crippen molar-refractivity contribution in [3.63, 3.8) is 0 Å². The molecule has 0 saturated carbocycles. The van der Waals surface area contributed by atoms with Crippen molar-refractivity contribution in [1.82, 2.24) is 4.90 Å². The molecule has 0 aromatic heterocycles. The van der Waals surface area contributed by atoms with Gasteiger partial charge >= 0.3 is 0 Å². The summed E-state index contributed by atoms with van der Waals surface area (Å²) in [4.78, 5) is 24.5. The quantitative estimate of drug-likeness (QED) is 0.741. The first-order valence-electron chi connectivity index (χ1n) is 5.15. The van der Waals surface area contributed by atoms with Gasteiger partial charge in [-0.25, -0.2) is 0 Å². The molecule has 84 valence electrons. The number of carbonyl (C=O) groups excluding carboxylic acids is 2. The number of likely N-dealkylation sites (tertiary alicyclic amines) is 1. The van der Waals surface area contributed by atoms with E-state index in [4.69, 9.17) is 0 Å². The van der Waals surface area contributed by atoms with Crippen molar-refractivity contribution >= 4 is 27.7 Å². The van der Waals surface area contributed by atoms with Crippen molar-refractivity contribution in [2.24, 2.45) is 0 Å². The number of carbonyl (C=O) groups is 2. The molecule has 3 nitrogen and oxygen atoms in total. The van der Waals surface area contributed by atoms with E-state index in [0.717, 1.165) is 10.0 Å². The second kappa shape index (κ2) is 4.37. The van der Waals surface area contributed by atoms with Gasteiger partial charge in [0.1, 0.15) is 0 Å². The average molecular weight is 282 g/mol. The van der Waals surface area contributed by atoms with Gasteiger partial charge in [0, 0.05) is 17.9 Å². The Bertz CT molecular complexity index is 427. The molecule has 2 rings (SSSR count). The molecule has 1 aliphatic heterocycles. The molecule has 0 radical (unpaired) electrons. The predicted octanol–water partition coefficient (Wildman–Crippen LogP) is 2.31. The molecule has 4 heteroatoms. The highest BCUT2D eigenvalue weighted by atomic mass is 79.9. The smallest absolute Gasteiger partial charge is 0.236 e. The van der Waals surface area contributed by atoms with Gasteiger partial charge in [-0.1, -0.05) is 28.1 Å². The third-order valence-corrected chi connectivity index (χ3v) is 3.45. The Morgan fingerprint density at radius 2 is 1.88 bits per heavy atom. The van der Waals surface area contributed by atoms with Gasteiger partial charge in [0.05, 0.1) is 5.92 Å². The number of likely N-dealkylation sites (N-methyl/N-ethyl adjacent to an activating group) is 1. The molecule has 0 spiro atoms. The van der Waals surface area contributed by atoms with Crippen LogP contribution in [0.15, 0.2) is 28.7 Å². The molecule has 0 N–H and O–H groups in total. The summed E-state index contributed by atoms with van der Waals surface area (Å²) >= 11 is 3.36. The van der Waals surface area contributed by atoms with E-state index in [-0.39, 0.29) is 17.7 Å². The van der Waals surface area contributed by atoms with Crippen LogP contribution in [0.25, 0.3) is 0 Å². The van der Waals surface area contributed by atoms with Crippen LogP contribution in [0.5, 0.6) is 0 Å². The lowest BCUT2D eigenvalue weighted by molar-refractivity contribution is -0.147. The van der Waals surface area contributed by atoms with Gasteiger partial charge in [0.15, 0.2) is 0 Å². The molecule has 1 aliphatic rings. The zero-order valence-corrected chi connectivity index (χ0v) is 10.5.